The Kier molecular flexibility index (Phi) is 3.85. The number of pyridine rings is 1. The van der Waals surface area contributed by atoms with Gasteiger partial charge in [-0.15, -0.1) is 0 Å². The number of hydrogen-bond donors (Lipinski definition) is 1. The third-order valence-electron chi connectivity index (χ3n) is 3.71. The summed E-state index contributed by atoms with van der Waals surface area (Å²) in [7, 11) is 0. The molecule has 20 heavy (non-hydrogen) atoms. The largest absolute Gasteiger partial charge is 0.337 e. The SMILES string of the molecule is CCCC1(c2nc(-c3ccc(Br)cn3)no2)CCCN1. The van der Waals surface area contributed by atoms with Crippen molar-refractivity contribution in [1.29, 1.82) is 0 Å². The lowest BCUT2D eigenvalue weighted by Gasteiger charge is -2.24. The molecular weight excluding hydrogens is 320 g/mol. The fourth-order valence-corrected chi connectivity index (χ4v) is 3.00. The van der Waals surface area contributed by atoms with E-state index in [-0.39, 0.29) is 5.54 Å². The molecule has 1 N–H and O–H groups in total. The summed E-state index contributed by atoms with van der Waals surface area (Å²) in [5.74, 6) is 1.24. The van der Waals surface area contributed by atoms with Crippen LogP contribution in [-0.4, -0.2) is 21.7 Å². The Balaban J connectivity index is 1.91. The summed E-state index contributed by atoms with van der Waals surface area (Å²) in [4.78, 5) is 8.87. The van der Waals surface area contributed by atoms with Gasteiger partial charge in [0.2, 0.25) is 11.7 Å². The van der Waals surface area contributed by atoms with E-state index in [1.54, 1.807) is 6.20 Å². The number of rotatable bonds is 4. The monoisotopic (exact) mass is 336 g/mol. The average Bonchev–Trinajstić information content (AvgIpc) is 3.09. The zero-order chi connectivity index (χ0) is 14.0. The Labute approximate surface area is 126 Å². The molecule has 0 spiro atoms. The topological polar surface area (TPSA) is 63.8 Å². The van der Waals surface area contributed by atoms with E-state index in [1.807, 2.05) is 12.1 Å². The van der Waals surface area contributed by atoms with Gasteiger partial charge in [0, 0.05) is 10.7 Å². The smallest absolute Gasteiger partial charge is 0.247 e. The number of hydrogen-bond acceptors (Lipinski definition) is 5. The Morgan fingerprint density at radius 2 is 2.35 bits per heavy atom. The first-order chi connectivity index (χ1) is 9.73. The van der Waals surface area contributed by atoms with Crippen LogP contribution in [0.15, 0.2) is 27.3 Å². The molecule has 0 aromatic carbocycles. The molecule has 1 fully saturated rings. The van der Waals surface area contributed by atoms with Gasteiger partial charge in [-0.05, 0) is 53.9 Å². The standard InChI is InChI=1S/C14H17BrN4O/c1-2-6-14(7-3-8-17-14)13-18-12(19-20-13)11-5-4-10(15)9-16-11/h4-5,9,17H,2-3,6-8H2,1H3. The van der Waals surface area contributed by atoms with Gasteiger partial charge >= 0.3 is 0 Å². The van der Waals surface area contributed by atoms with Crippen molar-refractivity contribution in [3.05, 3.63) is 28.7 Å². The van der Waals surface area contributed by atoms with Crippen LogP contribution in [0.4, 0.5) is 0 Å². The van der Waals surface area contributed by atoms with Crippen LogP contribution in [0, 0.1) is 0 Å². The van der Waals surface area contributed by atoms with E-state index >= 15 is 0 Å². The van der Waals surface area contributed by atoms with Crippen LogP contribution >= 0.6 is 15.9 Å². The fraction of sp³-hybridized carbons (Fsp3) is 0.500. The van der Waals surface area contributed by atoms with Gasteiger partial charge in [0.15, 0.2) is 0 Å². The number of aromatic nitrogens is 3. The average molecular weight is 337 g/mol. The van der Waals surface area contributed by atoms with Gasteiger partial charge in [0.25, 0.3) is 0 Å². The van der Waals surface area contributed by atoms with Gasteiger partial charge in [-0.1, -0.05) is 18.5 Å². The highest BCUT2D eigenvalue weighted by Crippen LogP contribution is 2.34. The van der Waals surface area contributed by atoms with Crippen molar-refractivity contribution in [3.8, 4) is 11.5 Å². The molecular formula is C14H17BrN4O. The molecule has 2 aromatic heterocycles. The molecule has 1 saturated heterocycles. The molecule has 0 saturated carbocycles. The minimum atomic E-state index is -0.143. The van der Waals surface area contributed by atoms with Crippen molar-refractivity contribution in [2.75, 3.05) is 6.54 Å². The van der Waals surface area contributed by atoms with Crippen molar-refractivity contribution in [2.24, 2.45) is 0 Å². The van der Waals surface area contributed by atoms with E-state index in [1.165, 1.54) is 0 Å². The maximum absolute atomic E-state index is 5.51. The minimum absolute atomic E-state index is 0.143. The third kappa shape index (κ3) is 2.50. The molecule has 0 radical (unpaired) electrons. The van der Waals surface area contributed by atoms with Crippen LogP contribution in [0.3, 0.4) is 0 Å². The number of nitrogens with zero attached hydrogens (tertiary/aromatic N) is 3. The van der Waals surface area contributed by atoms with Crippen LogP contribution in [0.1, 0.15) is 38.5 Å². The molecule has 2 aromatic rings. The van der Waals surface area contributed by atoms with E-state index in [2.05, 4.69) is 43.3 Å². The van der Waals surface area contributed by atoms with E-state index < -0.39 is 0 Å². The summed E-state index contributed by atoms with van der Waals surface area (Å²) in [5.41, 5.74) is 0.586. The highest BCUT2D eigenvalue weighted by Gasteiger charge is 2.39. The van der Waals surface area contributed by atoms with E-state index in [4.69, 9.17) is 4.52 Å². The van der Waals surface area contributed by atoms with E-state index in [0.29, 0.717) is 11.7 Å². The molecule has 0 bridgehead atoms. The molecule has 3 rings (SSSR count). The summed E-state index contributed by atoms with van der Waals surface area (Å²) >= 11 is 3.37. The van der Waals surface area contributed by atoms with Crippen LogP contribution in [-0.2, 0) is 5.54 Å². The van der Waals surface area contributed by atoms with Gasteiger partial charge in [-0.2, -0.15) is 4.98 Å². The molecule has 106 valence electrons. The Bertz CT molecular complexity index is 575. The van der Waals surface area contributed by atoms with Gasteiger partial charge in [-0.3, -0.25) is 4.98 Å². The molecule has 0 amide bonds. The Morgan fingerprint density at radius 1 is 1.45 bits per heavy atom. The number of nitrogens with one attached hydrogen (secondary N) is 1. The lowest BCUT2D eigenvalue weighted by atomic mass is 9.92. The summed E-state index contributed by atoms with van der Waals surface area (Å²) in [5, 5.41) is 7.62. The van der Waals surface area contributed by atoms with Gasteiger partial charge in [0.1, 0.15) is 5.69 Å². The second-order valence-electron chi connectivity index (χ2n) is 5.15. The van der Waals surface area contributed by atoms with Gasteiger partial charge in [0.05, 0.1) is 5.54 Å². The maximum atomic E-state index is 5.51. The van der Waals surface area contributed by atoms with E-state index in [9.17, 15) is 0 Å². The zero-order valence-corrected chi connectivity index (χ0v) is 13.0. The second kappa shape index (κ2) is 5.61. The predicted molar refractivity (Wildman–Crippen MR) is 79.1 cm³/mol. The molecule has 5 nitrogen and oxygen atoms in total. The van der Waals surface area contributed by atoms with Crippen molar-refractivity contribution < 1.29 is 4.52 Å². The minimum Gasteiger partial charge on any atom is -0.337 e. The number of halogens is 1. The predicted octanol–water partition coefficient (Wildman–Crippen LogP) is 3.27. The molecule has 1 aliphatic rings. The van der Waals surface area contributed by atoms with Crippen molar-refractivity contribution in [3.63, 3.8) is 0 Å². The quantitative estimate of drug-likeness (QED) is 0.928. The highest BCUT2D eigenvalue weighted by atomic mass is 79.9. The van der Waals surface area contributed by atoms with E-state index in [0.717, 1.165) is 42.4 Å². The lowest BCUT2D eigenvalue weighted by Crippen LogP contribution is -2.36. The lowest BCUT2D eigenvalue weighted by molar-refractivity contribution is 0.241. The van der Waals surface area contributed by atoms with Gasteiger partial charge in [-0.25, -0.2) is 0 Å². The van der Waals surface area contributed by atoms with Crippen molar-refractivity contribution >= 4 is 15.9 Å². The molecule has 1 aliphatic heterocycles. The Hall–Kier alpha value is -1.27. The first-order valence-electron chi connectivity index (χ1n) is 6.95. The van der Waals surface area contributed by atoms with Crippen molar-refractivity contribution in [2.45, 2.75) is 38.1 Å². The molecule has 3 heterocycles. The molecule has 1 atom stereocenters. The Morgan fingerprint density at radius 3 is 3.00 bits per heavy atom. The summed E-state index contributed by atoms with van der Waals surface area (Å²) < 4.78 is 6.45. The zero-order valence-electron chi connectivity index (χ0n) is 11.4. The highest BCUT2D eigenvalue weighted by molar-refractivity contribution is 9.10. The molecule has 1 unspecified atom stereocenters. The maximum Gasteiger partial charge on any atom is 0.247 e. The van der Waals surface area contributed by atoms with Crippen molar-refractivity contribution in [1.82, 2.24) is 20.4 Å². The normalized spacial score (nSPS) is 22.3. The fourth-order valence-electron chi connectivity index (χ4n) is 2.77. The third-order valence-corrected chi connectivity index (χ3v) is 4.18. The molecule has 6 heteroatoms. The first kappa shape index (κ1) is 13.7. The second-order valence-corrected chi connectivity index (χ2v) is 6.06. The van der Waals surface area contributed by atoms with Gasteiger partial charge < -0.3 is 9.84 Å². The summed E-state index contributed by atoms with van der Waals surface area (Å²) in [6, 6.07) is 3.81. The van der Waals surface area contributed by atoms with Crippen LogP contribution in [0.25, 0.3) is 11.5 Å². The first-order valence-corrected chi connectivity index (χ1v) is 7.74. The van der Waals surface area contributed by atoms with Crippen LogP contribution < -0.4 is 5.32 Å². The van der Waals surface area contributed by atoms with Crippen LogP contribution in [0.5, 0.6) is 0 Å². The summed E-state index contributed by atoms with van der Waals surface area (Å²) in [6.07, 6.45) is 6.04. The molecule has 0 aliphatic carbocycles. The van der Waals surface area contributed by atoms with Crippen LogP contribution in [0.2, 0.25) is 0 Å². The summed E-state index contributed by atoms with van der Waals surface area (Å²) in [6.45, 7) is 3.18.